The highest BCUT2D eigenvalue weighted by Gasteiger charge is 2.29. The Morgan fingerprint density at radius 1 is 1.00 bits per heavy atom. The van der Waals surface area contributed by atoms with Crippen molar-refractivity contribution in [3.8, 4) is 0 Å². The first-order chi connectivity index (χ1) is 10.7. The lowest BCUT2D eigenvalue weighted by atomic mass is 9.95. The number of piperidine rings is 2. The quantitative estimate of drug-likeness (QED) is 0.777. The van der Waals surface area contributed by atoms with Gasteiger partial charge in [0.15, 0.2) is 0 Å². The van der Waals surface area contributed by atoms with Gasteiger partial charge in [0.1, 0.15) is 0 Å². The molecule has 0 saturated carbocycles. The summed E-state index contributed by atoms with van der Waals surface area (Å²) in [7, 11) is 0. The first kappa shape index (κ1) is 16.2. The molecular weight excluding hydrogens is 276 g/mol. The minimum Gasteiger partial charge on any atom is -0.369 e. The number of likely N-dealkylation sites (tertiary alicyclic amines) is 2. The third-order valence-electron chi connectivity index (χ3n) is 5.79. The number of hydrogen-bond acceptors (Lipinski definition) is 4. The van der Waals surface area contributed by atoms with Crippen LogP contribution >= 0.6 is 0 Å². The minimum atomic E-state index is -0.104. The first-order valence-corrected chi connectivity index (χ1v) is 9.15. The monoisotopic (exact) mass is 308 g/mol. The molecule has 3 rings (SSSR count). The molecule has 0 radical (unpaired) electrons. The fourth-order valence-corrected chi connectivity index (χ4v) is 4.44. The molecule has 126 valence electrons. The van der Waals surface area contributed by atoms with E-state index in [4.69, 9.17) is 5.73 Å². The van der Waals surface area contributed by atoms with E-state index in [1.54, 1.807) is 0 Å². The second-order valence-corrected chi connectivity index (χ2v) is 7.60. The van der Waals surface area contributed by atoms with Gasteiger partial charge >= 0.3 is 0 Å². The normalized spacial score (nSPS) is 32.4. The molecule has 0 spiro atoms. The van der Waals surface area contributed by atoms with Gasteiger partial charge in [0, 0.05) is 25.6 Å². The van der Waals surface area contributed by atoms with Crippen LogP contribution in [0.25, 0.3) is 0 Å². The van der Waals surface area contributed by atoms with E-state index in [9.17, 15) is 4.79 Å². The number of rotatable bonds is 5. The van der Waals surface area contributed by atoms with Gasteiger partial charge in [-0.05, 0) is 76.7 Å². The molecule has 3 aliphatic rings. The third-order valence-corrected chi connectivity index (χ3v) is 5.79. The largest absolute Gasteiger partial charge is 0.369 e. The van der Waals surface area contributed by atoms with Gasteiger partial charge in [-0.25, -0.2) is 0 Å². The first-order valence-electron chi connectivity index (χ1n) is 9.15. The SMILES string of the molecule is NC(=O)C1CCN(C[C@H]2CCN(C[C@@H]3CCCNC3)C2)CC1. The molecule has 3 fully saturated rings. The summed E-state index contributed by atoms with van der Waals surface area (Å²) in [5, 5.41) is 3.53. The average molecular weight is 308 g/mol. The second kappa shape index (κ2) is 7.75. The van der Waals surface area contributed by atoms with Crippen molar-refractivity contribution in [2.24, 2.45) is 23.5 Å². The van der Waals surface area contributed by atoms with Crippen LogP contribution < -0.4 is 11.1 Å². The Labute approximate surface area is 134 Å². The fourth-order valence-electron chi connectivity index (χ4n) is 4.44. The predicted molar refractivity (Wildman–Crippen MR) is 88.5 cm³/mol. The Morgan fingerprint density at radius 3 is 2.41 bits per heavy atom. The van der Waals surface area contributed by atoms with E-state index in [1.165, 1.54) is 58.5 Å². The molecule has 5 heteroatoms. The van der Waals surface area contributed by atoms with Crippen molar-refractivity contribution < 1.29 is 4.79 Å². The maximum Gasteiger partial charge on any atom is 0.220 e. The van der Waals surface area contributed by atoms with E-state index < -0.39 is 0 Å². The number of nitrogens with two attached hydrogens (primary N) is 1. The number of carbonyl (C=O) groups excluding carboxylic acids is 1. The molecule has 3 heterocycles. The van der Waals surface area contributed by atoms with E-state index in [-0.39, 0.29) is 11.8 Å². The third kappa shape index (κ3) is 4.43. The highest BCUT2D eigenvalue weighted by Crippen LogP contribution is 2.23. The minimum absolute atomic E-state index is 0.104. The standard InChI is InChI=1S/C17H32N4O/c18-17(22)16-4-8-20(9-5-16)12-15-3-7-21(13-15)11-14-2-1-6-19-10-14/h14-16,19H,1-13H2,(H2,18,22)/t14-,15-/m1/s1. The van der Waals surface area contributed by atoms with Crippen molar-refractivity contribution in [2.75, 3.05) is 52.4 Å². The Hall–Kier alpha value is -0.650. The van der Waals surface area contributed by atoms with Crippen LogP contribution in [-0.4, -0.2) is 68.1 Å². The van der Waals surface area contributed by atoms with Crippen molar-refractivity contribution in [2.45, 2.75) is 32.1 Å². The zero-order valence-electron chi connectivity index (χ0n) is 13.8. The number of hydrogen-bond donors (Lipinski definition) is 2. The predicted octanol–water partition coefficient (Wildman–Crippen LogP) is 0.505. The maximum absolute atomic E-state index is 11.2. The maximum atomic E-state index is 11.2. The molecule has 2 atom stereocenters. The highest BCUT2D eigenvalue weighted by molar-refractivity contribution is 5.76. The van der Waals surface area contributed by atoms with Crippen molar-refractivity contribution in [1.29, 1.82) is 0 Å². The molecule has 0 bridgehead atoms. The van der Waals surface area contributed by atoms with Crippen LogP contribution in [0.15, 0.2) is 0 Å². The van der Waals surface area contributed by atoms with Gasteiger partial charge in [0.25, 0.3) is 0 Å². The topological polar surface area (TPSA) is 61.6 Å². The van der Waals surface area contributed by atoms with Crippen LogP contribution in [0.1, 0.15) is 32.1 Å². The van der Waals surface area contributed by atoms with Crippen LogP contribution in [0.4, 0.5) is 0 Å². The molecule has 0 aromatic heterocycles. The molecule has 0 aliphatic carbocycles. The Balaban J connectivity index is 1.35. The van der Waals surface area contributed by atoms with Gasteiger partial charge in [-0.1, -0.05) is 0 Å². The molecule has 3 N–H and O–H groups in total. The van der Waals surface area contributed by atoms with Gasteiger partial charge in [-0.15, -0.1) is 0 Å². The Morgan fingerprint density at radius 2 is 1.73 bits per heavy atom. The molecule has 0 aromatic rings. The van der Waals surface area contributed by atoms with Crippen LogP contribution in [0, 0.1) is 17.8 Å². The lowest BCUT2D eigenvalue weighted by Gasteiger charge is -2.32. The van der Waals surface area contributed by atoms with Gasteiger partial charge in [0.05, 0.1) is 0 Å². The van der Waals surface area contributed by atoms with Gasteiger partial charge in [-0.2, -0.15) is 0 Å². The molecular formula is C17H32N4O. The van der Waals surface area contributed by atoms with Gasteiger partial charge < -0.3 is 20.9 Å². The zero-order chi connectivity index (χ0) is 15.4. The van der Waals surface area contributed by atoms with Gasteiger partial charge in [-0.3, -0.25) is 4.79 Å². The lowest BCUT2D eigenvalue weighted by Crippen LogP contribution is -2.41. The van der Waals surface area contributed by atoms with Crippen LogP contribution in [0.5, 0.6) is 0 Å². The number of nitrogens with zero attached hydrogens (tertiary/aromatic N) is 2. The zero-order valence-corrected chi connectivity index (χ0v) is 13.8. The summed E-state index contributed by atoms with van der Waals surface area (Å²) in [5.74, 6) is 1.70. The summed E-state index contributed by atoms with van der Waals surface area (Å²) in [6.07, 6.45) is 6.00. The van der Waals surface area contributed by atoms with Crippen LogP contribution in [0.3, 0.4) is 0 Å². The van der Waals surface area contributed by atoms with E-state index in [0.717, 1.165) is 37.8 Å². The summed E-state index contributed by atoms with van der Waals surface area (Å²) in [6, 6.07) is 0. The lowest BCUT2D eigenvalue weighted by molar-refractivity contribution is -0.123. The van der Waals surface area contributed by atoms with Gasteiger partial charge in [0.2, 0.25) is 5.91 Å². The number of amides is 1. The molecule has 3 saturated heterocycles. The van der Waals surface area contributed by atoms with E-state index in [2.05, 4.69) is 15.1 Å². The van der Waals surface area contributed by atoms with E-state index >= 15 is 0 Å². The average Bonchev–Trinajstić information content (AvgIpc) is 2.96. The van der Waals surface area contributed by atoms with E-state index in [0.29, 0.717) is 0 Å². The summed E-state index contributed by atoms with van der Waals surface area (Å²) in [6.45, 7) is 9.57. The molecule has 22 heavy (non-hydrogen) atoms. The molecule has 5 nitrogen and oxygen atoms in total. The highest BCUT2D eigenvalue weighted by atomic mass is 16.1. The Bertz CT molecular complexity index is 362. The summed E-state index contributed by atoms with van der Waals surface area (Å²) in [5.41, 5.74) is 5.41. The van der Waals surface area contributed by atoms with E-state index in [1.807, 2.05) is 0 Å². The number of nitrogens with one attached hydrogen (secondary N) is 1. The summed E-state index contributed by atoms with van der Waals surface area (Å²) < 4.78 is 0. The smallest absolute Gasteiger partial charge is 0.220 e. The second-order valence-electron chi connectivity index (χ2n) is 7.60. The molecule has 0 unspecified atom stereocenters. The number of carbonyl (C=O) groups is 1. The molecule has 1 amide bonds. The van der Waals surface area contributed by atoms with Crippen molar-refractivity contribution >= 4 is 5.91 Å². The van der Waals surface area contributed by atoms with Crippen LogP contribution in [0.2, 0.25) is 0 Å². The molecule has 3 aliphatic heterocycles. The molecule has 0 aromatic carbocycles. The van der Waals surface area contributed by atoms with Crippen molar-refractivity contribution in [1.82, 2.24) is 15.1 Å². The fraction of sp³-hybridized carbons (Fsp3) is 0.941. The Kier molecular flexibility index (Phi) is 5.71. The van der Waals surface area contributed by atoms with Crippen LogP contribution in [-0.2, 0) is 4.79 Å². The number of primary amides is 1. The summed E-state index contributed by atoms with van der Waals surface area (Å²) >= 11 is 0. The summed E-state index contributed by atoms with van der Waals surface area (Å²) in [4.78, 5) is 16.5. The van der Waals surface area contributed by atoms with Crippen molar-refractivity contribution in [3.63, 3.8) is 0 Å². The van der Waals surface area contributed by atoms with Crippen molar-refractivity contribution in [3.05, 3.63) is 0 Å².